The molecule has 2 aromatic heterocycles. The number of thioether (sulfide) groups is 1. The first-order valence-electron chi connectivity index (χ1n) is 9.31. The van der Waals surface area contributed by atoms with Crippen LogP contribution in [-0.4, -0.2) is 42.4 Å². The maximum Gasteiger partial charge on any atom is 0.227 e. The van der Waals surface area contributed by atoms with E-state index in [1.54, 1.807) is 23.0 Å². The Morgan fingerprint density at radius 2 is 2.14 bits per heavy atom. The summed E-state index contributed by atoms with van der Waals surface area (Å²) >= 11 is 1.65. The molecule has 0 bridgehead atoms. The van der Waals surface area contributed by atoms with E-state index in [4.69, 9.17) is 0 Å². The van der Waals surface area contributed by atoms with E-state index in [2.05, 4.69) is 34.4 Å². The van der Waals surface area contributed by atoms with E-state index in [1.165, 1.54) is 5.56 Å². The van der Waals surface area contributed by atoms with E-state index in [1.807, 2.05) is 54.8 Å². The third-order valence-corrected chi connectivity index (χ3v) is 5.79. The van der Waals surface area contributed by atoms with Crippen LogP contribution in [0, 0.1) is 0 Å². The molecule has 0 saturated carbocycles. The Balaban J connectivity index is 1.61. The summed E-state index contributed by atoms with van der Waals surface area (Å²) in [5.74, 6) is 0.0926. The molecule has 1 atom stereocenters. The molecule has 0 N–H and O–H groups in total. The van der Waals surface area contributed by atoms with Crippen LogP contribution in [0.2, 0.25) is 0 Å². The predicted octanol–water partition coefficient (Wildman–Crippen LogP) is 3.09. The van der Waals surface area contributed by atoms with Crippen molar-refractivity contribution in [3.8, 4) is 0 Å². The molecule has 8 heteroatoms. The molecule has 3 rings (SSSR count). The number of rotatable bonds is 8. The highest BCUT2D eigenvalue weighted by atomic mass is 32.2. The summed E-state index contributed by atoms with van der Waals surface area (Å²) in [5, 5.41) is 13.4. The number of amides is 1. The molecule has 0 aliphatic carbocycles. The van der Waals surface area contributed by atoms with Gasteiger partial charge in [0.2, 0.25) is 5.91 Å². The van der Waals surface area contributed by atoms with Crippen molar-refractivity contribution in [3.05, 3.63) is 59.7 Å². The smallest absolute Gasteiger partial charge is 0.227 e. The van der Waals surface area contributed by atoms with Crippen molar-refractivity contribution < 1.29 is 4.79 Å². The van der Waals surface area contributed by atoms with Gasteiger partial charge in [-0.15, -0.1) is 10.2 Å². The van der Waals surface area contributed by atoms with E-state index < -0.39 is 0 Å². The molecule has 7 nitrogen and oxygen atoms in total. The van der Waals surface area contributed by atoms with Crippen molar-refractivity contribution in [2.75, 3.05) is 7.05 Å². The first-order chi connectivity index (χ1) is 13.5. The molecule has 0 unspecified atom stereocenters. The van der Waals surface area contributed by atoms with Crippen molar-refractivity contribution in [3.63, 3.8) is 0 Å². The second-order valence-electron chi connectivity index (χ2n) is 6.86. The fourth-order valence-electron chi connectivity index (χ4n) is 2.89. The summed E-state index contributed by atoms with van der Waals surface area (Å²) in [7, 11) is 3.77. The van der Waals surface area contributed by atoms with Gasteiger partial charge in [-0.25, -0.2) is 0 Å². The number of nitrogens with zero attached hydrogens (tertiary/aromatic N) is 6. The molecule has 0 spiro atoms. The number of aromatic nitrogens is 5. The van der Waals surface area contributed by atoms with Crippen molar-refractivity contribution in [1.82, 2.24) is 29.4 Å². The lowest BCUT2D eigenvalue weighted by Gasteiger charge is -2.17. The van der Waals surface area contributed by atoms with E-state index in [-0.39, 0.29) is 11.2 Å². The zero-order valence-electron chi connectivity index (χ0n) is 16.7. The number of hydrogen-bond donors (Lipinski definition) is 0. The van der Waals surface area contributed by atoms with E-state index >= 15 is 0 Å². The summed E-state index contributed by atoms with van der Waals surface area (Å²) in [6, 6.07) is 8.21. The monoisotopic (exact) mass is 398 g/mol. The van der Waals surface area contributed by atoms with Gasteiger partial charge in [0.05, 0.1) is 12.6 Å². The molecule has 28 heavy (non-hydrogen) atoms. The quantitative estimate of drug-likeness (QED) is 0.546. The summed E-state index contributed by atoms with van der Waals surface area (Å²) in [4.78, 5) is 14.4. The molecule has 0 aliphatic heterocycles. The maximum absolute atomic E-state index is 12.6. The van der Waals surface area contributed by atoms with Crippen LogP contribution >= 0.6 is 11.8 Å². The number of carbonyl (C=O) groups excluding carboxylic acids is 1. The molecule has 1 aromatic carbocycles. The minimum Gasteiger partial charge on any atom is -0.341 e. The summed E-state index contributed by atoms with van der Waals surface area (Å²) in [6.07, 6.45) is 5.88. The van der Waals surface area contributed by atoms with Gasteiger partial charge < -0.3 is 9.47 Å². The van der Waals surface area contributed by atoms with Crippen LogP contribution < -0.4 is 0 Å². The molecule has 1 amide bonds. The van der Waals surface area contributed by atoms with Crippen LogP contribution in [0.25, 0.3) is 0 Å². The Morgan fingerprint density at radius 1 is 1.32 bits per heavy atom. The molecular formula is C20H26N6OS. The Bertz CT molecular complexity index is 934. The third-order valence-electron chi connectivity index (χ3n) is 4.58. The summed E-state index contributed by atoms with van der Waals surface area (Å²) < 4.78 is 3.78. The average molecular weight is 399 g/mol. The van der Waals surface area contributed by atoms with Gasteiger partial charge in [-0.1, -0.05) is 36.0 Å². The Hall–Kier alpha value is -2.61. The Labute approximate surface area is 169 Å². The lowest BCUT2D eigenvalue weighted by atomic mass is 10.1. The van der Waals surface area contributed by atoms with Gasteiger partial charge in [-0.2, -0.15) is 5.10 Å². The Kier molecular flexibility index (Phi) is 6.51. The molecule has 148 valence electrons. The van der Waals surface area contributed by atoms with E-state index in [0.717, 1.165) is 22.8 Å². The second-order valence-corrected chi connectivity index (χ2v) is 8.17. The number of carbonyl (C=O) groups is 1. The van der Waals surface area contributed by atoms with Gasteiger partial charge in [0.1, 0.15) is 6.33 Å². The minimum atomic E-state index is 0.0926. The number of benzene rings is 1. The highest BCUT2D eigenvalue weighted by Crippen LogP contribution is 2.33. The largest absolute Gasteiger partial charge is 0.341 e. The van der Waals surface area contributed by atoms with E-state index in [0.29, 0.717) is 13.0 Å². The lowest BCUT2D eigenvalue weighted by Crippen LogP contribution is -2.27. The molecule has 0 fully saturated rings. The van der Waals surface area contributed by atoms with Crippen LogP contribution in [0.15, 0.2) is 48.1 Å². The average Bonchev–Trinajstić information content (AvgIpc) is 3.30. The van der Waals surface area contributed by atoms with Crippen molar-refractivity contribution >= 4 is 17.7 Å². The molecular weight excluding hydrogens is 372 g/mol. The number of hydrogen-bond acceptors (Lipinski definition) is 5. The molecule has 3 aromatic rings. The Morgan fingerprint density at radius 3 is 2.82 bits per heavy atom. The van der Waals surface area contributed by atoms with Gasteiger partial charge in [-0.05, 0) is 25.0 Å². The fraction of sp³-hybridized carbons (Fsp3) is 0.400. The van der Waals surface area contributed by atoms with Crippen LogP contribution in [0.5, 0.6) is 0 Å². The third kappa shape index (κ3) is 5.01. The molecule has 0 saturated heterocycles. The number of aryl methyl sites for hydroxylation is 2. The molecule has 0 radical (unpaired) electrons. The van der Waals surface area contributed by atoms with Gasteiger partial charge in [0, 0.05) is 44.2 Å². The molecule has 2 heterocycles. The van der Waals surface area contributed by atoms with Gasteiger partial charge in [0.15, 0.2) is 5.16 Å². The van der Waals surface area contributed by atoms with Crippen LogP contribution in [0.1, 0.15) is 35.8 Å². The van der Waals surface area contributed by atoms with Crippen molar-refractivity contribution in [1.29, 1.82) is 0 Å². The second kappa shape index (κ2) is 9.05. The number of likely N-dealkylation sites (N-methyl/N-ethyl adjacent to an activating group) is 1. The predicted molar refractivity (Wildman–Crippen MR) is 110 cm³/mol. The maximum atomic E-state index is 12.6. The molecule has 0 aliphatic rings. The first-order valence-corrected chi connectivity index (χ1v) is 10.2. The van der Waals surface area contributed by atoms with Gasteiger partial charge >= 0.3 is 0 Å². The topological polar surface area (TPSA) is 68.8 Å². The summed E-state index contributed by atoms with van der Waals surface area (Å²) in [6.45, 7) is 5.58. The minimum absolute atomic E-state index is 0.0926. The zero-order chi connectivity index (χ0) is 20.1. The van der Waals surface area contributed by atoms with E-state index in [9.17, 15) is 4.79 Å². The van der Waals surface area contributed by atoms with Crippen molar-refractivity contribution in [2.45, 2.75) is 43.8 Å². The highest BCUT2D eigenvalue weighted by molar-refractivity contribution is 7.99. The van der Waals surface area contributed by atoms with Gasteiger partial charge in [-0.3, -0.25) is 9.48 Å². The lowest BCUT2D eigenvalue weighted by molar-refractivity contribution is -0.129. The van der Waals surface area contributed by atoms with Crippen LogP contribution in [0.3, 0.4) is 0 Å². The van der Waals surface area contributed by atoms with Gasteiger partial charge in [0.25, 0.3) is 0 Å². The first kappa shape index (κ1) is 20.1. The van der Waals surface area contributed by atoms with Crippen LogP contribution in [-0.2, 0) is 31.4 Å². The highest BCUT2D eigenvalue weighted by Gasteiger charge is 2.14. The summed E-state index contributed by atoms with van der Waals surface area (Å²) in [5.41, 5.74) is 3.23. The normalized spacial score (nSPS) is 12.1. The van der Waals surface area contributed by atoms with Crippen molar-refractivity contribution in [2.24, 2.45) is 7.05 Å². The fourth-order valence-corrected chi connectivity index (χ4v) is 3.80. The standard InChI is InChI=1S/C20H26N6OS/c1-5-26-13-17(11-22-26)12-24(3)19(27)10-16-7-6-8-18(9-16)15(2)28-20-23-21-14-25(20)4/h6-9,11,13-15H,5,10,12H2,1-4H3/t15-/m0/s1. The van der Waals surface area contributed by atoms with Crippen LogP contribution in [0.4, 0.5) is 0 Å². The zero-order valence-corrected chi connectivity index (χ0v) is 17.6. The SMILES string of the molecule is CCn1cc(CN(C)C(=O)Cc2cccc([C@H](C)Sc3nncn3C)c2)cn1.